The first-order valence-electron chi connectivity index (χ1n) is 6.71. The number of aromatic nitrogens is 2. The van der Waals surface area contributed by atoms with Crippen LogP contribution >= 0.6 is 0 Å². The Morgan fingerprint density at radius 1 is 1.40 bits per heavy atom. The highest BCUT2D eigenvalue weighted by Crippen LogP contribution is 2.36. The van der Waals surface area contributed by atoms with Crippen molar-refractivity contribution in [2.24, 2.45) is 0 Å². The van der Waals surface area contributed by atoms with Gasteiger partial charge in [-0.3, -0.25) is 0 Å². The van der Waals surface area contributed by atoms with E-state index < -0.39 is 5.97 Å². The zero-order chi connectivity index (χ0) is 14.3. The predicted molar refractivity (Wildman–Crippen MR) is 73.9 cm³/mol. The van der Waals surface area contributed by atoms with Crippen LogP contribution in [0.2, 0.25) is 0 Å². The lowest BCUT2D eigenvalue weighted by Crippen LogP contribution is -2.16. The van der Waals surface area contributed by atoms with E-state index in [1.54, 1.807) is 18.2 Å². The van der Waals surface area contributed by atoms with Gasteiger partial charge in [0.25, 0.3) is 0 Å². The number of para-hydroxylation sites is 1. The number of nitrogens with zero attached hydrogens (tertiary/aromatic N) is 2. The van der Waals surface area contributed by atoms with Crippen molar-refractivity contribution in [3.05, 3.63) is 35.7 Å². The third kappa shape index (κ3) is 1.86. The number of carboxylic acid groups (broad SMARTS) is 1. The lowest BCUT2D eigenvalue weighted by Gasteiger charge is -2.22. The molecule has 0 spiro atoms. The first-order valence-corrected chi connectivity index (χ1v) is 6.71. The number of phenolic OH excluding ortho intramolecular Hbond substituents is 1. The number of carbonyl (C=O) groups is 1. The van der Waals surface area contributed by atoms with Gasteiger partial charge < -0.3 is 14.8 Å². The Balaban J connectivity index is 2.25. The second kappa shape index (κ2) is 4.67. The topological polar surface area (TPSA) is 75.3 Å². The molecule has 0 fully saturated rings. The van der Waals surface area contributed by atoms with E-state index in [4.69, 9.17) is 0 Å². The number of aromatic hydroxyl groups is 1. The maximum Gasteiger partial charge on any atom is 0.356 e. The third-order valence-corrected chi connectivity index (χ3v) is 3.84. The van der Waals surface area contributed by atoms with E-state index in [2.05, 4.69) is 4.98 Å². The number of rotatable bonds is 2. The summed E-state index contributed by atoms with van der Waals surface area (Å²) in [5, 5.41) is 19.3. The number of imidazole rings is 1. The van der Waals surface area contributed by atoms with Gasteiger partial charge in [-0.25, -0.2) is 9.78 Å². The van der Waals surface area contributed by atoms with Crippen molar-refractivity contribution < 1.29 is 15.0 Å². The minimum absolute atomic E-state index is 0.107. The number of aromatic carboxylic acids is 1. The van der Waals surface area contributed by atoms with Crippen LogP contribution in [-0.4, -0.2) is 25.7 Å². The summed E-state index contributed by atoms with van der Waals surface area (Å²) in [5.74, 6) is -0.177. The Hall–Kier alpha value is -2.30. The molecular weight excluding hydrogens is 256 g/mol. The van der Waals surface area contributed by atoms with Gasteiger partial charge in [0, 0.05) is 6.54 Å². The highest BCUT2D eigenvalue weighted by Gasteiger charge is 2.29. The second-order valence-electron chi connectivity index (χ2n) is 5.19. The number of hydrogen-bond acceptors (Lipinski definition) is 3. The van der Waals surface area contributed by atoms with Crippen LogP contribution in [0.15, 0.2) is 24.3 Å². The largest absolute Gasteiger partial charge is 0.507 e. The number of hydrogen-bond donors (Lipinski definition) is 2. The van der Waals surface area contributed by atoms with Crippen molar-refractivity contribution in [3.63, 3.8) is 0 Å². The van der Waals surface area contributed by atoms with Crippen LogP contribution in [0, 0.1) is 0 Å². The molecule has 0 radical (unpaired) electrons. The Bertz CT molecular complexity index is 676. The molecule has 104 valence electrons. The van der Waals surface area contributed by atoms with E-state index in [0.29, 0.717) is 11.4 Å². The zero-order valence-electron chi connectivity index (χ0n) is 11.2. The average molecular weight is 272 g/mol. The summed E-state index contributed by atoms with van der Waals surface area (Å²) < 4.78 is 1.94. The van der Waals surface area contributed by atoms with Crippen LogP contribution in [0.4, 0.5) is 0 Å². The van der Waals surface area contributed by atoms with E-state index in [9.17, 15) is 15.0 Å². The summed E-state index contributed by atoms with van der Waals surface area (Å²) in [7, 11) is 0. The molecule has 1 aromatic heterocycles. The van der Waals surface area contributed by atoms with Gasteiger partial charge in [-0.1, -0.05) is 19.1 Å². The molecular formula is C15H16N2O3. The molecule has 0 bridgehead atoms. The first kappa shape index (κ1) is 12.7. The molecule has 5 nitrogen and oxygen atoms in total. The average Bonchev–Trinajstić information content (AvgIpc) is 2.80. The summed E-state index contributed by atoms with van der Waals surface area (Å²) in [5.41, 5.74) is 1.45. The molecule has 20 heavy (non-hydrogen) atoms. The van der Waals surface area contributed by atoms with Crippen LogP contribution in [0.25, 0.3) is 11.4 Å². The quantitative estimate of drug-likeness (QED) is 0.881. The second-order valence-corrected chi connectivity index (χ2v) is 5.19. The zero-order valence-corrected chi connectivity index (χ0v) is 11.2. The molecule has 2 N–H and O–H groups in total. The summed E-state index contributed by atoms with van der Waals surface area (Å²) >= 11 is 0. The number of phenols is 1. The number of benzene rings is 1. The van der Waals surface area contributed by atoms with Gasteiger partial charge in [-0.05, 0) is 30.9 Å². The number of fused-ring (bicyclic) bond motifs is 1. The summed E-state index contributed by atoms with van der Waals surface area (Å²) in [6, 6.07) is 6.89. The molecule has 1 aliphatic rings. The highest BCUT2D eigenvalue weighted by molar-refractivity contribution is 5.88. The molecule has 0 aliphatic carbocycles. The molecule has 5 heteroatoms. The van der Waals surface area contributed by atoms with E-state index in [1.807, 2.05) is 17.6 Å². The fourth-order valence-electron chi connectivity index (χ4n) is 2.91. The number of carboxylic acids is 1. The minimum atomic E-state index is -1.01. The van der Waals surface area contributed by atoms with Gasteiger partial charge in [0.2, 0.25) is 0 Å². The van der Waals surface area contributed by atoms with Crippen LogP contribution in [-0.2, 0) is 6.54 Å². The van der Waals surface area contributed by atoms with Crippen molar-refractivity contribution in [3.8, 4) is 17.1 Å². The maximum absolute atomic E-state index is 11.4. The molecule has 0 amide bonds. The Kier molecular flexibility index (Phi) is 2.97. The lowest BCUT2D eigenvalue weighted by atomic mass is 9.96. The Labute approximate surface area is 116 Å². The van der Waals surface area contributed by atoms with Crippen LogP contribution in [0.1, 0.15) is 41.9 Å². The van der Waals surface area contributed by atoms with Gasteiger partial charge in [-0.15, -0.1) is 0 Å². The fraction of sp³-hybridized carbons (Fsp3) is 0.333. The lowest BCUT2D eigenvalue weighted by molar-refractivity contribution is 0.0688. The van der Waals surface area contributed by atoms with Crippen LogP contribution < -0.4 is 0 Å². The van der Waals surface area contributed by atoms with E-state index >= 15 is 0 Å². The molecule has 3 rings (SSSR count). The van der Waals surface area contributed by atoms with Gasteiger partial charge in [0.05, 0.1) is 11.3 Å². The van der Waals surface area contributed by atoms with Crippen molar-refractivity contribution in [2.45, 2.75) is 32.2 Å². The molecule has 1 unspecified atom stereocenters. The van der Waals surface area contributed by atoms with E-state index in [1.165, 1.54) is 0 Å². The first-order chi connectivity index (χ1) is 9.59. The molecule has 0 saturated carbocycles. The SMILES string of the molecule is CC1CCCn2c(-c3ccccc3O)nc(C(=O)O)c21. The molecule has 1 atom stereocenters. The van der Waals surface area contributed by atoms with Gasteiger partial charge in [0.15, 0.2) is 5.69 Å². The smallest absolute Gasteiger partial charge is 0.356 e. The Morgan fingerprint density at radius 2 is 2.15 bits per heavy atom. The molecule has 1 aliphatic heterocycles. The summed E-state index contributed by atoms with van der Waals surface area (Å²) in [4.78, 5) is 15.7. The molecule has 1 aromatic carbocycles. The molecule has 0 saturated heterocycles. The maximum atomic E-state index is 11.4. The normalized spacial score (nSPS) is 17.8. The molecule has 2 aromatic rings. The third-order valence-electron chi connectivity index (χ3n) is 3.84. The predicted octanol–water partition coefficient (Wildman–Crippen LogP) is 2.85. The highest BCUT2D eigenvalue weighted by atomic mass is 16.4. The summed E-state index contributed by atoms with van der Waals surface area (Å²) in [6.07, 6.45) is 1.95. The summed E-state index contributed by atoms with van der Waals surface area (Å²) in [6.45, 7) is 2.76. The van der Waals surface area contributed by atoms with E-state index in [0.717, 1.165) is 25.1 Å². The van der Waals surface area contributed by atoms with Crippen molar-refractivity contribution in [1.29, 1.82) is 0 Å². The van der Waals surface area contributed by atoms with Crippen molar-refractivity contribution in [2.75, 3.05) is 0 Å². The van der Waals surface area contributed by atoms with Crippen molar-refractivity contribution >= 4 is 5.97 Å². The van der Waals surface area contributed by atoms with Crippen molar-refractivity contribution in [1.82, 2.24) is 9.55 Å². The standard InChI is InChI=1S/C15H16N2O3/c1-9-5-4-8-17-13(9)12(15(19)20)16-14(17)10-6-2-3-7-11(10)18/h2-3,6-7,9,18H,4-5,8H2,1H3,(H,19,20). The monoisotopic (exact) mass is 272 g/mol. The van der Waals surface area contributed by atoms with Gasteiger partial charge >= 0.3 is 5.97 Å². The van der Waals surface area contributed by atoms with Gasteiger partial charge in [-0.2, -0.15) is 0 Å². The van der Waals surface area contributed by atoms with Crippen LogP contribution in [0.5, 0.6) is 5.75 Å². The Morgan fingerprint density at radius 3 is 2.85 bits per heavy atom. The van der Waals surface area contributed by atoms with Gasteiger partial charge in [0.1, 0.15) is 11.6 Å². The van der Waals surface area contributed by atoms with E-state index in [-0.39, 0.29) is 17.4 Å². The minimum Gasteiger partial charge on any atom is -0.507 e. The van der Waals surface area contributed by atoms with Crippen LogP contribution in [0.3, 0.4) is 0 Å². The molecule has 2 heterocycles. The fourth-order valence-corrected chi connectivity index (χ4v) is 2.91.